The lowest BCUT2D eigenvalue weighted by Crippen LogP contribution is -2.35. The summed E-state index contributed by atoms with van der Waals surface area (Å²) in [6, 6.07) is 2.37. The number of hydrogen-bond acceptors (Lipinski definition) is 2. The molecule has 1 fully saturated rings. The zero-order valence-corrected chi connectivity index (χ0v) is 9.64. The third-order valence-corrected chi connectivity index (χ3v) is 3.12. The second-order valence-electron chi connectivity index (χ2n) is 4.28. The van der Waals surface area contributed by atoms with Gasteiger partial charge in [0.05, 0.1) is 5.69 Å². The molecule has 17 heavy (non-hydrogen) atoms. The van der Waals surface area contributed by atoms with Gasteiger partial charge in [0.25, 0.3) is 0 Å². The zero-order chi connectivity index (χ0) is 12.4. The van der Waals surface area contributed by atoms with Gasteiger partial charge in [-0.3, -0.25) is 0 Å². The molecule has 2 nitrogen and oxygen atoms in total. The predicted octanol–water partition coefficient (Wildman–Crippen LogP) is 2.29. The Bertz CT molecular complexity index is 409. The minimum atomic E-state index is -1.40. The van der Waals surface area contributed by atoms with Gasteiger partial charge in [-0.05, 0) is 32.0 Å². The van der Waals surface area contributed by atoms with E-state index in [1.54, 1.807) is 4.90 Å². The van der Waals surface area contributed by atoms with Crippen LogP contribution in [0.1, 0.15) is 13.3 Å². The Labute approximate surface area is 98.4 Å². The number of nitrogens with zero attached hydrogens (tertiary/aromatic N) is 1. The highest BCUT2D eigenvalue weighted by molar-refractivity contribution is 5.49. The number of nitrogens with one attached hydrogen (secondary N) is 1. The quantitative estimate of drug-likeness (QED) is 0.762. The highest BCUT2D eigenvalue weighted by Crippen LogP contribution is 2.26. The van der Waals surface area contributed by atoms with E-state index in [-0.39, 0.29) is 11.7 Å². The van der Waals surface area contributed by atoms with Crippen molar-refractivity contribution in [2.45, 2.75) is 19.4 Å². The Hall–Kier alpha value is -1.23. The fraction of sp³-hybridized carbons (Fsp3) is 0.500. The van der Waals surface area contributed by atoms with Crippen LogP contribution >= 0.6 is 0 Å². The number of halogens is 3. The Balaban J connectivity index is 2.35. The Morgan fingerprint density at radius 1 is 1.18 bits per heavy atom. The van der Waals surface area contributed by atoms with Crippen LogP contribution < -0.4 is 10.2 Å². The lowest BCUT2D eigenvalue weighted by molar-refractivity contribution is 0.444. The van der Waals surface area contributed by atoms with Crippen LogP contribution in [0.15, 0.2) is 12.1 Å². The Kier molecular flexibility index (Phi) is 3.57. The summed E-state index contributed by atoms with van der Waals surface area (Å²) >= 11 is 0. The van der Waals surface area contributed by atoms with Crippen molar-refractivity contribution in [2.24, 2.45) is 0 Å². The second kappa shape index (κ2) is 4.96. The van der Waals surface area contributed by atoms with Crippen molar-refractivity contribution in [3.8, 4) is 0 Å². The normalized spacial score (nSPS) is 21.4. The smallest absolute Gasteiger partial charge is 0.196 e. The van der Waals surface area contributed by atoms with Crippen molar-refractivity contribution < 1.29 is 13.2 Å². The van der Waals surface area contributed by atoms with Gasteiger partial charge < -0.3 is 10.2 Å². The fourth-order valence-corrected chi connectivity index (χ4v) is 2.11. The summed E-state index contributed by atoms with van der Waals surface area (Å²) in [6.07, 6.45) is 0.846. The summed E-state index contributed by atoms with van der Waals surface area (Å²) in [6.45, 7) is 4.10. The molecule has 1 saturated heterocycles. The van der Waals surface area contributed by atoms with E-state index in [0.29, 0.717) is 13.1 Å². The SMILES string of the molecule is CC1CCNCCN1c1ccc(F)c(F)c1F. The highest BCUT2D eigenvalue weighted by Gasteiger charge is 2.23. The second-order valence-corrected chi connectivity index (χ2v) is 4.28. The summed E-state index contributed by atoms with van der Waals surface area (Å²) in [5.41, 5.74) is 0.139. The summed E-state index contributed by atoms with van der Waals surface area (Å²) in [5, 5.41) is 3.19. The minimum Gasteiger partial charge on any atom is -0.365 e. The van der Waals surface area contributed by atoms with Crippen LogP contribution in [0.5, 0.6) is 0 Å². The van der Waals surface area contributed by atoms with Crippen LogP contribution in [0.25, 0.3) is 0 Å². The summed E-state index contributed by atoms with van der Waals surface area (Å²) in [7, 11) is 0. The lowest BCUT2D eigenvalue weighted by atomic mass is 10.1. The molecular weight excluding hydrogens is 229 g/mol. The first-order valence-electron chi connectivity index (χ1n) is 5.72. The van der Waals surface area contributed by atoms with E-state index in [4.69, 9.17) is 0 Å². The van der Waals surface area contributed by atoms with Crippen molar-refractivity contribution in [3.05, 3.63) is 29.6 Å². The first kappa shape index (κ1) is 12.2. The Morgan fingerprint density at radius 3 is 2.71 bits per heavy atom. The van der Waals surface area contributed by atoms with Crippen molar-refractivity contribution in [1.29, 1.82) is 0 Å². The molecule has 1 unspecified atom stereocenters. The number of benzene rings is 1. The molecule has 0 amide bonds. The van der Waals surface area contributed by atoms with Crippen molar-refractivity contribution in [2.75, 3.05) is 24.5 Å². The number of hydrogen-bond donors (Lipinski definition) is 1. The molecule has 1 aromatic carbocycles. The van der Waals surface area contributed by atoms with Crippen molar-refractivity contribution in [3.63, 3.8) is 0 Å². The maximum Gasteiger partial charge on any atom is 0.196 e. The molecule has 1 atom stereocenters. The van der Waals surface area contributed by atoms with Crippen LogP contribution in [0.3, 0.4) is 0 Å². The number of rotatable bonds is 1. The minimum absolute atomic E-state index is 0.101. The van der Waals surface area contributed by atoms with E-state index in [9.17, 15) is 13.2 Å². The largest absolute Gasteiger partial charge is 0.365 e. The fourth-order valence-electron chi connectivity index (χ4n) is 2.11. The van der Waals surface area contributed by atoms with Gasteiger partial charge in [0.2, 0.25) is 0 Å². The molecular formula is C12H15F3N2. The average molecular weight is 244 g/mol. The molecule has 94 valence electrons. The molecule has 2 rings (SSSR count). The van der Waals surface area contributed by atoms with Crippen LogP contribution in [-0.2, 0) is 0 Å². The van der Waals surface area contributed by atoms with Gasteiger partial charge in [0.1, 0.15) is 0 Å². The van der Waals surface area contributed by atoms with E-state index in [1.807, 2.05) is 6.92 Å². The Morgan fingerprint density at radius 2 is 1.94 bits per heavy atom. The molecule has 0 aliphatic carbocycles. The van der Waals surface area contributed by atoms with Crippen LogP contribution in [-0.4, -0.2) is 25.7 Å². The van der Waals surface area contributed by atoms with Crippen molar-refractivity contribution in [1.82, 2.24) is 5.32 Å². The molecule has 1 N–H and O–H groups in total. The molecule has 1 aliphatic heterocycles. The highest BCUT2D eigenvalue weighted by atomic mass is 19.2. The first-order chi connectivity index (χ1) is 8.11. The maximum atomic E-state index is 13.7. The maximum absolute atomic E-state index is 13.7. The first-order valence-corrected chi connectivity index (χ1v) is 5.72. The molecule has 1 aliphatic rings. The third-order valence-electron chi connectivity index (χ3n) is 3.12. The summed E-state index contributed by atoms with van der Waals surface area (Å²) in [5.74, 6) is -3.64. The number of anilines is 1. The monoisotopic (exact) mass is 244 g/mol. The van der Waals surface area contributed by atoms with Crippen LogP contribution in [0.4, 0.5) is 18.9 Å². The van der Waals surface area contributed by atoms with Crippen molar-refractivity contribution >= 4 is 5.69 Å². The third kappa shape index (κ3) is 2.39. The molecule has 0 radical (unpaired) electrons. The van der Waals surface area contributed by atoms with Gasteiger partial charge in [-0.25, -0.2) is 13.2 Å². The molecule has 1 aromatic rings. The van der Waals surface area contributed by atoms with E-state index >= 15 is 0 Å². The molecule has 0 spiro atoms. The van der Waals surface area contributed by atoms with E-state index in [2.05, 4.69) is 5.32 Å². The van der Waals surface area contributed by atoms with Gasteiger partial charge in [-0.2, -0.15) is 0 Å². The van der Waals surface area contributed by atoms with Crippen LogP contribution in [0, 0.1) is 17.5 Å². The molecule has 0 bridgehead atoms. The molecule has 5 heteroatoms. The van der Waals surface area contributed by atoms with Gasteiger partial charge in [-0.1, -0.05) is 0 Å². The summed E-state index contributed by atoms with van der Waals surface area (Å²) < 4.78 is 39.7. The summed E-state index contributed by atoms with van der Waals surface area (Å²) in [4.78, 5) is 1.78. The van der Waals surface area contributed by atoms with Gasteiger partial charge in [-0.15, -0.1) is 0 Å². The topological polar surface area (TPSA) is 15.3 Å². The van der Waals surface area contributed by atoms with Crippen LogP contribution in [0.2, 0.25) is 0 Å². The zero-order valence-electron chi connectivity index (χ0n) is 9.64. The molecule has 0 aromatic heterocycles. The standard InChI is InChI=1S/C12H15F3N2/c1-8-4-5-16-6-7-17(8)10-3-2-9(13)11(14)12(10)15/h2-3,8,16H,4-7H2,1H3. The molecule has 1 heterocycles. The van der Waals surface area contributed by atoms with E-state index in [1.165, 1.54) is 6.07 Å². The lowest BCUT2D eigenvalue weighted by Gasteiger charge is -2.29. The van der Waals surface area contributed by atoms with E-state index in [0.717, 1.165) is 19.0 Å². The average Bonchev–Trinajstić information content (AvgIpc) is 2.52. The molecule has 0 saturated carbocycles. The van der Waals surface area contributed by atoms with E-state index < -0.39 is 17.5 Å². The van der Waals surface area contributed by atoms with Gasteiger partial charge >= 0.3 is 0 Å². The van der Waals surface area contributed by atoms with Gasteiger partial charge in [0.15, 0.2) is 17.5 Å². The predicted molar refractivity (Wildman–Crippen MR) is 60.6 cm³/mol. The van der Waals surface area contributed by atoms with Gasteiger partial charge in [0, 0.05) is 19.1 Å².